The van der Waals surface area contributed by atoms with E-state index in [-0.39, 0.29) is 16.2 Å². The Morgan fingerprint density at radius 3 is 2.52 bits per heavy atom. The lowest BCUT2D eigenvalue weighted by atomic mass is 10.2. The molecule has 1 amide bonds. The largest absolute Gasteiger partial charge is 0.495 e. The number of rotatable bonds is 8. The molecule has 0 bridgehead atoms. The molecule has 1 aromatic heterocycles. The number of carbonyl (C=O) groups excluding carboxylic acids is 2. The quantitative estimate of drug-likeness (QED) is 0.600. The van der Waals surface area contributed by atoms with Gasteiger partial charge < -0.3 is 14.8 Å². The maximum absolute atomic E-state index is 13.2. The first kappa shape index (κ1) is 23.2. The zero-order chi connectivity index (χ0) is 22.3. The van der Waals surface area contributed by atoms with Crippen molar-refractivity contribution in [2.45, 2.75) is 37.1 Å². The van der Waals surface area contributed by atoms with Crippen LogP contribution in [-0.2, 0) is 26.1 Å². The molecule has 1 aliphatic heterocycles. The van der Waals surface area contributed by atoms with E-state index < -0.39 is 28.5 Å². The number of nitrogens with one attached hydrogen (secondary N) is 1. The van der Waals surface area contributed by atoms with Gasteiger partial charge in [0.1, 0.15) is 10.6 Å². The number of carbonyl (C=O) groups is 2. The Hall–Kier alpha value is -2.43. The van der Waals surface area contributed by atoms with Crippen LogP contribution < -0.4 is 10.1 Å². The number of esters is 1. The van der Waals surface area contributed by atoms with Crippen LogP contribution in [-0.4, -0.2) is 51.4 Å². The van der Waals surface area contributed by atoms with Gasteiger partial charge in [-0.25, -0.2) is 13.2 Å². The van der Waals surface area contributed by atoms with Crippen molar-refractivity contribution < 1.29 is 27.5 Å². The van der Waals surface area contributed by atoms with Crippen LogP contribution >= 0.6 is 11.3 Å². The van der Waals surface area contributed by atoms with Crippen molar-refractivity contribution in [1.29, 1.82) is 0 Å². The molecule has 0 saturated carbocycles. The van der Waals surface area contributed by atoms with Crippen molar-refractivity contribution in [1.82, 2.24) is 9.62 Å². The number of benzene rings is 1. The molecule has 3 rings (SSSR count). The summed E-state index contributed by atoms with van der Waals surface area (Å²) in [6.07, 6.45) is 3.57. The minimum atomic E-state index is -3.83. The molecule has 0 spiro atoms. The van der Waals surface area contributed by atoms with Crippen molar-refractivity contribution in [2.75, 3.05) is 26.8 Å². The van der Waals surface area contributed by atoms with Crippen molar-refractivity contribution in [2.24, 2.45) is 0 Å². The van der Waals surface area contributed by atoms with Crippen LogP contribution in [0.5, 0.6) is 5.75 Å². The van der Waals surface area contributed by atoms with Gasteiger partial charge in [0.25, 0.3) is 5.91 Å². The lowest BCUT2D eigenvalue weighted by molar-refractivity contribution is -0.124. The Kier molecular flexibility index (Phi) is 8.05. The Bertz CT molecular complexity index is 997. The number of thiophene rings is 1. The second-order valence-electron chi connectivity index (χ2n) is 7.12. The van der Waals surface area contributed by atoms with Crippen LogP contribution in [0.25, 0.3) is 0 Å². The molecule has 1 aliphatic rings. The van der Waals surface area contributed by atoms with Gasteiger partial charge in [-0.3, -0.25) is 4.79 Å². The number of sulfonamides is 1. The molecule has 1 saturated heterocycles. The van der Waals surface area contributed by atoms with E-state index in [9.17, 15) is 18.0 Å². The van der Waals surface area contributed by atoms with Gasteiger partial charge in [0.2, 0.25) is 10.0 Å². The predicted octanol–water partition coefficient (Wildman–Crippen LogP) is 2.79. The second-order valence-corrected chi connectivity index (χ2v) is 10.1. The Balaban J connectivity index is 1.68. The van der Waals surface area contributed by atoms with Gasteiger partial charge in [-0.1, -0.05) is 18.9 Å². The van der Waals surface area contributed by atoms with Gasteiger partial charge >= 0.3 is 5.97 Å². The monoisotopic (exact) mass is 466 g/mol. The van der Waals surface area contributed by atoms with E-state index in [4.69, 9.17) is 9.47 Å². The lowest BCUT2D eigenvalue weighted by Crippen LogP contribution is -2.32. The van der Waals surface area contributed by atoms with Gasteiger partial charge in [-0.15, -0.1) is 11.3 Å². The Labute approximate surface area is 186 Å². The molecule has 1 aromatic carbocycles. The van der Waals surface area contributed by atoms with Crippen LogP contribution in [0.3, 0.4) is 0 Å². The third kappa shape index (κ3) is 6.05. The molecule has 10 heteroatoms. The van der Waals surface area contributed by atoms with E-state index in [1.165, 1.54) is 41.0 Å². The summed E-state index contributed by atoms with van der Waals surface area (Å²) in [5.74, 6) is -1.05. The lowest BCUT2D eigenvalue weighted by Gasteiger charge is -2.21. The standard InChI is InChI=1S/C21H26N2O6S2/c1-28-18-9-8-16(13-19(18)31(26,27)23-10-4-2-3-5-11-23)21(25)29-15-20(24)22-14-17-7-6-12-30-17/h6-9,12-13H,2-5,10-11,14-15H2,1H3,(H,22,24). The number of nitrogens with zero attached hydrogens (tertiary/aromatic N) is 1. The molecular formula is C21H26N2O6S2. The first-order chi connectivity index (χ1) is 14.9. The number of hydrogen-bond donors (Lipinski definition) is 1. The highest BCUT2D eigenvalue weighted by Crippen LogP contribution is 2.29. The fourth-order valence-electron chi connectivity index (χ4n) is 3.29. The van der Waals surface area contributed by atoms with E-state index in [0.717, 1.165) is 30.6 Å². The number of amides is 1. The van der Waals surface area contributed by atoms with Gasteiger partial charge in [0, 0.05) is 18.0 Å². The van der Waals surface area contributed by atoms with E-state index in [1.807, 2.05) is 17.5 Å². The van der Waals surface area contributed by atoms with Crippen LogP contribution in [0, 0.1) is 0 Å². The topological polar surface area (TPSA) is 102 Å². The maximum atomic E-state index is 13.2. The summed E-state index contributed by atoms with van der Waals surface area (Å²) < 4.78 is 38.1. The van der Waals surface area contributed by atoms with Crippen molar-refractivity contribution in [3.05, 3.63) is 46.2 Å². The molecule has 2 aromatic rings. The van der Waals surface area contributed by atoms with Gasteiger partial charge in [0.15, 0.2) is 6.61 Å². The summed E-state index contributed by atoms with van der Waals surface area (Å²) in [6, 6.07) is 7.88. The molecular weight excluding hydrogens is 440 g/mol. The maximum Gasteiger partial charge on any atom is 0.338 e. The van der Waals surface area contributed by atoms with E-state index in [0.29, 0.717) is 19.6 Å². The summed E-state index contributed by atoms with van der Waals surface area (Å²) in [7, 11) is -2.45. The van der Waals surface area contributed by atoms with Crippen molar-refractivity contribution in [3.63, 3.8) is 0 Å². The molecule has 0 radical (unpaired) electrons. The van der Waals surface area contributed by atoms with Crippen LogP contribution in [0.4, 0.5) is 0 Å². The fourth-order valence-corrected chi connectivity index (χ4v) is 5.63. The van der Waals surface area contributed by atoms with Gasteiger partial charge in [-0.2, -0.15) is 4.31 Å². The molecule has 0 aliphatic carbocycles. The highest BCUT2D eigenvalue weighted by molar-refractivity contribution is 7.89. The number of hydrogen-bond acceptors (Lipinski definition) is 7. The third-order valence-corrected chi connectivity index (χ3v) is 7.75. The first-order valence-corrected chi connectivity index (χ1v) is 12.4. The second kappa shape index (κ2) is 10.7. The van der Waals surface area contributed by atoms with Gasteiger partial charge in [-0.05, 0) is 42.5 Å². The number of ether oxygens (including phenoxy) is 2. The molecule has 0 unspecified atom stereocenters. The fraction of sp³-hybridized carbons (Fsp3) is 0.429. The summed E-state index contributed by atoms with van der Waals surface area (Å²) in [5, 5.41) is 4.57. The summed E-state index contributed by atoms with van der Waals surface area (Å²) in [4.78, 5) is 25.3. The average molecular weight is 467 g/mol. The Morgan fingerprint density at radius 2 is 1.87 bits per heavy atom. The van der Waals surface area contributed by atoms with E-state index in [2.05, 4.69) is 5.32 Å². The zero-order valence-electron chi connectivity index (χ0n) is 17.3. The third-order valence-electron chi connectivity index (χ3n) is 4.96. The molecule has 168 valence electrons. The summed E-state index contributed by atoms with van der Waals surface area (Å²) >= 11 is 1.51. The smallest absolute Gasteiger partial charge is 0.338 e. The molecule has 8 nitrogen and oxygen atoms in total. The predicted molar refractivity (Wildman–Crippen MR) is 117 cm³/mol. The zero-order valence-corrected chi connectivity index (χ0v) is 19.0. The SMILES string of the molecule is COc1ccc(C(=O)OCC(=O)NCc2cccs2)cc1S(=O)(=O)N1CCCCCC1. The van der Waals surface area contributed by atoms with Gasteiger partial charge in [0.05, 0.1) is 19.2 Å². The average Bonchev–Trinajstić information content (AvgIpc) is 3.14. The van der Waals surface area contributed by atoms with Crippen LogP contribution in [0.15, 0.2) is 40.6 Å². The Morgan fingerprint density at radius 1 is 1.13 bits per heavy atom. The minimum Gasteiger partial charge on any atom is -0.495 e. The van der Waals surface area contributed by atoms with Crippen molar-refractivity contribution >= 4 is 33.2 Å². The van der Waals surface area contributed by atoms with E-state index >= 15 is 0 Å². The first-order valence-electron chi connectivity index (χ1n) is 10.1. The summed E-state index contributed by atoms with van der Waals surface area (Å²) in [6.45, 7) is 0.772. The molecule has 31 heavy (non-hydrogen) atoms. The highest BCUT2D eigenvalue weighted by atomic mass is 32.2. The molecule has 1 N–H and O–H groups in total. The van der Waals surface area contributed by atoms with Crippen LogP contribution in [0.2, 0.25) is 0 Å². The normalized spacial score (nSPS) is 15.1. The van der Waals surface area contributed by atoms with Crippen LogP contribution in [0.1, 0.15) is 40.9 Å². The highest BCUT2D eigenvalue weighted by Gasteiger charge is 2.29. The summed E-state index contributed by atoms with van der Waals surface area (Å²) in [5.41, 5.74) is 0.0419. The number of methoxy groups -OCH3 is 1. The van der Waals surface area contributed by atoms with Crippen molar-refractivity contribution in [3.8, 4) is 5.75 Å². The molecule has 0 atom stereocenters. The minimum absolute atomic E-state index is 0.0419. The molecule has 1 fully saturated rings. The van der Waals surface area contributed by atoms with E-state index in [1.54, 1.807) is 0 Å². The molecule has 2 heterocycles.